The lowest BCUT2D eigenvalue weighted by atomic mass is 9.81. The summed E-state index contributed by atoms with van der Waals surface area (Å²) in [7, 11) is 0. The van der Waals surface area contributed by atoms with Gasteiger partial charge < -0.3 is 15.5 Å². The van der Waals surface area contributed by atoms with Crippen LogP contribution in [0.15, 0.2) is 29.4 Å². The van der Waals surface area contributed by atoms with Crippen molar-refractivity contribution < 1.29 is 14.4 Å². The van der Waals surface area contributed by atoms with Gasteiger partial charge >= 0.3 is 6.03 Å². The first-order chi connectivity index (χ1) is 15.5. The van der Waals surface area contributed by atoms with Crippen molar-refractivity contribution in [2.45, 2.75) is 69.9 Å². The van der Waals surface area contributed by atoms with Gasteiger partial charge in [0.25, 0.3) is 0 Å². The van der Waals surface area contributed by atoms with Gasteiger partial charge in [-0.05, 0) is 68.4 Å². The van der Waals surface area contributed by atoms with E-state index >= 15 is 0 Å². The van der Waals surface area contributed by atoms with E-state index in [1.54, 1.807) is 16.0 Å². The molecule has 0 spiro atoms. The van der Waals surface area contributed by atoms with Crippen LogP contribution in [0.5, 0.6) is 0 Å². The lowest BCUT2D eigenvalue weighted by molar-refractivity contribution is -0.143. The summed E-state index contributed by atoms with van der Waals surface area (Å²) in [5, 5.41) is 3.84. The average Bonchev–Trinajstić information content (AvgIpc) is 3.46. The summed E-state index contributed by atoms with van der Waals surface area (Å²) in [6.07, 6.45) is 9.44. The average molecular weight is 440 g/mol. The second-order valence-corrected chi connectivity index (χ2v) is 9.16. The molecule has 0 saturated carbocycles. The van der Waals surface area contributed by atoms with Crippen LogP contribution in [0.3, 0.4) is 0 Å². The number of nitrogens with one attached hydrogen (secondary N) is 1. The minimum Gasteiger partial charge on any atom is -0.350 e. The Balaban J connectivity index is 1.31. The summed E-state index contributed by atoms with van der Waals surface area (Å²) in [5.41, 5.74) is 10.1. The second kappa shape index (κ2) is 10.1. The van der Waals surface area contributed by atoms with E-state index in [0.717, 1.165) is 44.9 Å². The number of nitrogens with two attached hydrogens (primary N) is 1. The SMILES string of the molecule is NC(=O)NN=C[C@@H]1CCCN1C(=O)[C@@H]1CCCN1C(=O)CC[C@@H]1CCc2ccccc2C1. The molecule has 4 amide bonds. The Morgan fingerprint density at radius 2 is 1.81 bits per heavy atom. The summed E-state index contributed by atoms with van der Waals surface area (Å²) in [6.45, 7) is 1.30. The molecule has 1 aromatic carbocycles. The monoisotopic (exact) mass is 439 g/mol. The Morgan fingerprint density at radius 3 is 2.62 bits per heavy atom. The van der Waals surface area contributed by atoms with Crippen molar-refractivity contribution in [3.63, 3.8) is 0 Å². The fraction of sp³-hybridized carbons (Fsp3) is 0.583. The van der Waals surface area contributed by atoms with Gasteiger partial charge in [0.2, 0.25) is 11.8 Å². The maximum atomic E-state index is 13.3. The van der Waals surface area contributed by atoms with Crippen LogP contribution in [0.25, 0.3) is 0 Å². The number of nitrogens with zero attached hydrogens (tertiary/aromatic N) is 3. The van der Waals surface area contributed by atoms with Crippen molar-refractivity contribution in [2.24, 2.45) is 16.8 Å². The molecular weight excluding hydrogens is 406 g/mol. The number of carbonyl (C=O) groups excluding carboxylic acids is 3. The molecule has 2 heterocycles. The second-order valence-electron chi connectivity index (χ2n) is 9.16. The van der Waals surface area contributed by atoms with E-state index in [4.69, 9.17) is 5.73 Å². The maximum absolute atomic E-state index is 13.3. The van der Waals surface area contributed by atoms with E-state index in [-0.39, 0.29) is 23.9 Å². The smallest absolute Gasteiger partial charge is 0.332 e. The molecule has 32 heavy (non-hydrogen) atoms. The molecule has 0 bridgehead atoms. The fourth-order valence-corrected chi connectivity index (χ4v) is 5.41. The van der Waals surface area contributed by atoms with Crippen molar-refractivity contribution in [1.29, 1.82) is 0 Å². The first-order valence-electron chi connectivity index (χ1n) is 11.8. The topological polar surface area (TPSA) is 108 Å². The number of likely N-dealkylation sites (tertiary alicyclic amines) is 2. The Morgan fingerprint density at radius 1 is 1.06 bits per heavy atom. The summed E-state index contributed by atoms with van der Waals surface area (Å²) < 4.78 is 0. The standard InChI is InChI=1S/C24H33N5O3/c25-24(32)27-26-16-20-7-3-13-28(20)23(31)21-8-4-14-29(21)22(30)12-10-17-9-11-18-5-1-2-6-19(18)15-17/h1-2,5-6,16-17,20-21H,3-4,7-15H2,(H3,25,27,32)/t17-,20-,21-/m0/s1. The van der Waals surface area contributed by atoms with Crippen LogP contribution in [0, 0.1) is 5.92 Å². The van der Waals surface area contributed by atoms with Crippen LogP contribution in [0.2, 0.25) is 0 Å². The highest BCUT2D eigenvalue weighted by molar-refractivity contribution is 5.90. The van der Waals surface area contributed by atoms with Crippen LogP contribution in [0.4, 0.5) is 4.79 Å². The first-order valence-corrected chi connectivity index (χ1v) is 11.8. The van der Waals surface area contributed by atoms with Gasteiger partial charge in [0.1, 0.15) is 6.04 Å². The zero-order valence-corrected chi connectivity index (χ0v) is 18.5. The predicted molar refractivity (Wildman–Crippen MR) is 122 cm³/mol. The van der Waals surface area contributed by atoms with Gasteiger partial charge in [0.05, 0.1) is 6.04 Å². The van der Waals surface area contributed by atoms with Crippen LogP contribution in [0.1, 0.15) is 56.1 Å². The third-order valence-corrected chi connectivity index (χ3v) is 7.08. The number of fused-ring (bicyclic) bond motifs is 1. The number of hydrogen-bond donors (Lipinski definition) is 2. The molecular formula is C24H33N5O3. The molecule has 3 aliphatic rings. The number of primary amides is 1. The molecule has 2 fully saturated rings. The number of urea groups is 1. The molecule has 0 aromatic heterocycles. The third kappa shape index (κ3) is 5.11. The highest BCUT2D eigenvalue weighted by Crippen LogP contribution is 2.30. The Hall–Kier alpha value is -2.90. The minimum absolute atomic E-state index is 0.00420. The molecule has 3 N–H and O–H groups in total. The quantitative estimate of drug-likeness (QED) is 0.524. The molecule has 3 atom stereocenters. The van der Waals surface area contributed by atoms with Crippen molar-refractivity contribution >= 4 is 24.1 Å². The van der Waals surface area contributed by atoms with Gasteiger partial charge in [-0.15, -0.1) is 0 Å². The van der Waals surface area contributed by atoms with Crippen LogP contribution >= 0.6 is 0 Å². The zero-order valence-electron chi connectivity index (χ0n) is 18.5. The molecule has 172 valence electrons. The molecule has 1 aliphatic carbocycles. The third-order valence-electron chi connectivity index (χ3n) is 7.08. The number of benzene rings is 1. The van der Waals surface area contributed by atoms with Gasteiger partial charge in [0.15, 0.2) is 0 Å². The molecule has 0 unspecified atom stereocenters. The van der Waals surface area contributed by atoms with E-state index in [1.807, 2.05) is 0 Å². The maximum Gasteiger partial charge on any atom is 0.332 e. The highest BCUT2D eigenvalue weighted by atomic mass is 16.2. The van der Waals surface area contributed by atoms with E-state index in [2.05, 4.69) is 34.8 Å². The zero-order chi connectivity index (χ0) is 22.5. The molecule has 8 heteroatoms. The van der Waals surface area contributed by atoms with Crippen molar-refractivity contribution in [1.82, 2.24) is 15.2 Å². The number of rotatable bonds is 6. The predicted octanol–water partition coefficient (Wildman–Crippen LogP) is 2.21. The van der Waals surface area contributed by atoms with Crippen molar-refractivity contribution in [2.75, 3.05) is 13.1 Å². The number of carbonyl (C=O) groups is 3. The fourth-order valence-electron chi connectivity index (χ4n) is 5.41. The van der Waals surface area contributed by atoms with Gasteiger partial charge in [-0.2, -0.15) is 5.10 Å². The molecule has 4 rings (SSSR count). The summed E-state index contributed by atoms with van der Waals surface area (Å²) in [5.74, 6) is 0.623. The van der Waals surface area contributed by atoms with Crippen LogP contribution < -0.4 is 11.2 Å². The largest absolute Gasteiger partial charge is 0.350 e. The van der Waals surface area contributed by atoms with E-state index < -0.39 is 6.03 Å². The van der Waals surface area contributed by atoms with Crippen LogP contribution in [-0.2, 0) is 22.4 Å². The summed E-state index contributed by atoms with van der Waals surface area (Å²) in [4.78, 5) is 40.7. The minimum atomic E-state index is -0.730. The first kappa shape index (κ1) is 22.3. The normalized spacial score (nSPS) is 25.2. The highest BCUT2D eigenvalue weighted by Gasteiger charge is 2.39. The van der Waals surface area contributed by atoms with Gasteiger partial charge in [-0.3, -0.25) is 9.59 Å². The van der Waals surface area contributed by atoms with E-state index in [9.17, 15) is 14.4 Å². The number of amides is 4. The van der Waals surface area contributed by atoms with Crippen molar-refractivity contribution in [3.05, 3.63) is 35.4 Å². The van der Waals surface area contributed by atoms with E-state index in [1.165, 1.54) is 11.1 Å². The van der Waals surface area contributed by atoms with Crippen LogP contribution in [-0.4, -0.2) is 59.0 Å². The molecule has 2 saturated heterocycles. The number of hydrazone groups is 1. The number of hydrogen-bond acceptors (Lipinski definition) is 4. The Bertz CT molecular complexity index is 886. The Labute approximate surface area is 189 Å². The van der Waals surface area contributed by atoms with Crippen molar-refractivity contribution in [3.8, 4) is 0 Å². The lowest BCUT2D eigenvalue weighted by Crippen LogP contribution is -2.49. The Kier molecular flexibility index (Phi) is 7.07. The number of aryl methyl sites for hydroxylation is 1. The van der Waals surface area contributed by atoms with Gasteiger partial charge in [-0.1, -0.05) is 24.3 Å². The van der Waals surface area contributed by atoms with Gasteiger partial charge in [0, 0.05) is 25.7 Å². The molecule has 1 aromatic rings. The molecule has 0 radical (unpaired) electrons. The van der Waals surface area contributed by atoms with Gasteiger partial charge in [-0.25, -0.2) is 10.2 Å². The molecule has 8 nitrogen and oxygen atoms in total. The van der Waals surface area contributed by atoms with E-state index in [0.29, 0.717) is 31.8 Å². The lowest BCUT2D eigenvalue weighted by Gasteiger charge is -2.31. The molecule has 2 aliphatic heterocycles. The summed E-state index contributed by atoms with van der Waals surface area (Å²) in [6, 6.07) is 7.31. The summed E-state index contributed by atoms with van der Waals surface area (Å²) >= 11 is 0.